The molecule has 0 radical (unpaired) electrons. The van der Waals surface area contributed by atoms with Gasteiger partial charge in [-0.2, -0.15) is 18.3 Å². The normalized spacial score (nSPS) is 17.0. The number of rotatable bonds is 4. The van der Waals surface area contributed by atoms with Crippen molar-refractivity contribution in [3.63, 3.8) is 0 Å². The lowest BCUT2D eigenvalue weighted by atomic mass is 9.88. The molecule has 1 aromatic carbocycles. The summed E-state index contributed by atoms with van der Waals surface area (Å²) in [5.41, 5.74) is 9.95. The number of alkyl halides is 3. The maximum atomic E-state index is 13.1. The highest BCUT2D eigenvalue weighted by Crippen LogP contribution is 2.35. The fourth-order valence-electron chi connectivity index (χ4n) is 3.83. The molecule has 2 amide bonds. The standard InChI is InChI=1S/C16H12ClF3N6O2.C7H15N.C2H6/c1-26-11(9-5-23-25-12(9)16(18,19)20)6-22-14(26)15(28)24-7-2-3-8(13(21)27)10(17)4-7;1-6-2-4-7(8)5-3-6;1-2/h2-6H,1H3,(H2,21,27)(H,23,25)(H,24,28);6-7H,2-5,8H2,1H3;1-2H3. The van der Waals surface area contributed by atoms with Gasteiger partial charge >= 0.3 is 6.18 Å². The summed E-state index contributed by atoms with van der Waals surface area (Å²) in [6.45, 7) is 6.31. The van der Waals surface area contributed by atoms with E-state index in [9.17, 15) is 22.8 Å². The Labute approximate surface area is 224 Å². The molecule has 9 nitrogen and oxygen atoms in total. The predicted molar refractivity (Wildman–Crippen MR) is 141 cm³/mol. The summed E-state index contributed by atoms with van der Waals surface area (Å²) in [6.07, 6.45) is 2.70. The lowest BCUT2D eigenvalue weighted by molar-refractivity contribution is -0.140. The van der Waals surface area contributed by atoms with E-state index in [1.807, 2.05) is 18.9 Å². The highest BCUT2D eigenvalue weighted by Gasteiger charge is 2.37. The van der Waals surface area contributed by atoms with Gasteiger partial charge in [-0.1, -0.05) is 32.4 Å². The van der Waals surface area contributed by atoms with E-state index in [4.69, 9.17) is 23.1 Å². The van der Waals surface area contributed by atoms with E-state index in [-0.39, 0.29) is 33.4 Å². The molecule has 1 aliphatic carbocycles. The number of H-pyrrole nitrogens is 1. The number of hydrogen-bond donors (Lipinski definition) is 4. The minimum atomic E-state index is -4.64. The average Bonchev–Trinajstić information content (AvgIpc) is 3.49. The third kappa shape index (κ3) is 7.81. The van der Waals surface area contributed by atoms with Crippen molar-refractivity contribution in [3.8, 4) is 11.3 Å². The van der Waals surface area contributed by atoms with Crippen molar-refractivity contribution in [1.82, 2.24) is 19.7 Å². The maximum Gasteiger partial charge on any atom is 0.433 e. The highest BCUT2D eigenvalue weighted by atomic mass is 35.5. The summed E-state index contributed by atoms with van der Waals surface area (Å²) < 4.78 is 40.4. The van der Waals surface area contributed by atoms with Crippen molar-refractivity contribution in [2.75, 3.05) is 5.32 Å². The first-order chi connectivity index (χ1) is 17.9. The van der Waals surface area contributed by atoms with Crippen molar-refractivity contribution < 1.29 is 22.8 Å². The lowest BCUT2D eigenvalue weighted by Gasteiger charge is -2.22. The van der Waals surface area contributed by atoms with Crippen molar-refractivity contribution in [1.29, 1.82) is 0 Å². The molecular formula is C25H33ClF3N7O2. The Morgan fingerprint density at radius 1 is 1.16 bits per heavy atom. The first-order valence-corrected chi connectivity index (χ1v) is 12.5. The Bertz CT molecular complexity index is 1220. The summed E-state index contributed by atoms with van der Waals surface area (Å²) in [4.78, 5) is 27.5. The number of aromatic amines is 1. The molecular weight excluding hydrogens is 523 g/mol. The van der Waals surface area contributed by atoms with Crippen LogP contribution < -0.4 is 16.8 Å². The van der Waals surface area contributed by atoms with E-state index in [1.165, 1.54) is 55.5 Å². The number of carbonyl (C=O) groups excluding carboxylic acids is 2. The zero-order chi connectivity index (χ0) is 28.6. The van der Waals surface area contributed by atoms with Crippen LogP contribution in [-0.2, 0) is 13.2 Å². The maximum absolute atomic E-state index is 13.1. The van der Waals surface area contributed by atoms with Crippen molar-refractivity contribution in [3.05, 3.63) is 52.7 Å². The molecule has 1 saturated carbocycles. The molecule has 0 aliphatic heterocycles. The second-order valence-electron chi connectivity index (χ2n) is 8.72. The Morgan fingerprint density at radius 3 is 2.32 bits per heavy atom. The number of imidazole rings is 1. The minimum Gasteiger partial charge on any atom is -0.366 e. The van der Waals surface area contributed by atoms with Gasteiger partial charge in [0.2, 0.25) is 5.91 Å². The fraction of sp³-hybridized carbons (Fsp3) is 0.440. The molecule has 1 fully saturated rings. The predicted octanol–water partition coefficient (Wildman–Crippen LogP) is 5.38. The number of anilines is 1. The van der Waals surface area contributed by atoms with Gasteiger partial charge in [0.1, 0.15) is 5.69 Å². The summed E-state index contributed by atoms with van der Waals surface area (Å²) in [6, 6.07) is 4.59. The molecule has 2 aromatic heterocycles. The van der Waals surface area contributed by atoms with Crippen molar-refractivity contribution >= 4 is 29.1 Å². The number of amides is 2. The number of nitrogens with one attached hydrogen (secondary N) is 2. The van der Waals surface area contributed by atoms with Gasteiger partial charge in [0, 0.05) is 18.8 Å². The van der Waals surface area contributed by atoms with Gasteiger partial charge < -0.3 is 21.4 Å². The van der Waals surface area contributed by atoms with E-state index >= 15 is 0 Å². The number of aromatic nitrogens is 4. The molecule has 2 heterocycles. The molecule has 0 unspecified atom stereocenters. The SMILES string of the molecule is CC.CC1CCC(N)CC1.Cn1c(-c2cn[nH]c2C(F)(F)F)cnc1C(=O)Nc1ccc(C(N)=O)c(Cl)c1. The molecule has 1 aliphatic rings. The minimum absolute atomic E-state index is 0.0408. The fourth-order valence-corrected chi connectivity index (χ4v) is 4.11. The van der Waals surface area contributed by atoms with E-state index in [0.717, 1.165) is 18.3 Å². The Morgan fingerprint density at radius 2 is 1.79 bits per heavy atom. The van der Waals surface area contributed by atoms with Crippen LogP contribution in [0.3, 0.4) is 0 Å². The molecule has 6 N–H and O–H groups in total. The van der Waals surface area contributed by atoms with Gasteiger partial charge in [-0.05, 0) is 49.8 Å². The third-order valence-electron chi connectivity index (χ3n) is 5.94. The molecule has 0 bridgehead atoms. The number of benzene rings is 1. The van der Waals surface area contributed by atoms with Gasteiger partial charge in [0.05, 0.1) is 34.2 Å². The number of hydrogen-bond acceptors (Lipinski definition) is 5. The molecule has 0 saturated heterocycles. The quantitative estimate of drug-likeness (QED) is 0.341. The van der Waals surface area contributed by atoms with E-state index in [2.05, 4.69) is 22.3 Å². The van der Waals surface area contributed by atoms with Gasteiger partial charge in [-0.3, -0.25) is 14.7 Å². The monoisotopic (exact) mass is 555 g/mol. The topological polar surface area (TPSA) is 145 Å². The van der Waals surface area contributed by atoms with Gasteiger partial charge in [-0.25, -0.2) is 4.98 Å². The van der Waals surface area contributed by atoms with Gasteiger partial charge in [-0.15, -0.1) is 0 Å². The molecule has 3 aromatic rings. The highest BCUT2D eigenvalue weighted by molar-refractivity contribution is 6.34. The third-order valence-corrected chi connectivity index (χ3v) is 6.26. The van der Waals surface area contributed by atoms with E-state index < -0.39 is 23.7 Å². The van der Waals surface area contributed by atoms with Gasteiger partial charge in [0.25, 0.3) is 5.91 Å². The van der Waals surface area contributed by atoms with Crippen LogP contribution >= 0.6 is 11.6 Å². The number of halogens is 4. The van der Waals surface area contributed by atoms with Crippen molar-refractivity contribution in [2.24, 2.45) is 24.4 Å². The van der Waals surface area contributed by atoms with Crippen molar-refractivity contribution in [2.45, 2.75) is 58.7 Å². The van der Waals surface area contributed by atoms with Gasteiger partial charge in [0.15, 0.2) is 5.82 Å². The van der Waals surface area contributed by atoms with Crippen LogP contribution in [0, 0.1) is 5.92 Å². The second-order valence-corrected chi connectivity index (χ2v) is 9.12. The second kappa shape index (κ2) is 13.4. The van der Waals surface area contributed by atoms with E-state index in [0.29, 0.717) is 6.04 Å². The first kappa shape index (κ1) is 30.8. The molecule has 0 spiro atoms. The molecule has 13 heteroatoms. The zero-order valence-electron chi connectivity index (χ0n) is 21.7. The molecule has 38 heavy (non-hydrogen) atoms. The summed E-state index contributed by atoms with van der Waals surface area (Å²) >= 11 is 5.93. The first-order valence-electron chi connectivity index (χ1n) is 12.2. The smallest absolute Gasteiger partial charge is 0.366 e. The molecule has 0 atom stereocenters. The molecule has 208 valence electrons. The Kier molecular flexibility index (Phi) is 10.9. The largest absolute Gasteiger partial charge is 0.433 e. The van der Waals surface area contributed by atoms with Crippen LogP contribution in [0.4, 0.5) is 18.9 Å². The number of carbonyl (C=O) groups is 2. The van der Waals surface area contributed by atoms with Crippen LogP contribution in [0.1, 0.15) is 73.1 Å². The van der Waals surface area contributed by atoms with Crippen LogP contribution in [0.2, 0.25) is 5.02 Å². The number of nitrogens with two attached hydrogens (primary N) is 2. The van der Waals surface area contributed by atoms with Crippen LogP contribution in [0.15, 0.2) is 30.6 Å². The lowest BCUT2D eigenvalue weighted by Crippen LogP contribution is -2.25. The summed E-state index contributed by atoms with van der Waals surface area (Å²) in [5, 5.41) is 7.87. The summed E-state index contributed by atoms with van der Waals surface area (Å²) in [7, 11) is 1.40. The zero-order valence-corrected chi connectivity index (χ0v) is 22.5. The summed E-state index contributed by atoms with van der Waals surface area (Å²) in [5.74, 6) is -0.611. The Hall–Kier alpha value is -3.38. The van der Waals surface area contributed by atoms with Crippen LogP contribution in [0.25, 0.3) is 11.3 Å². The molecule has 4 rings (SSSR count). The average molecular weight is 556 g/mol. The Balaban J connectivity index is 0.000000428. The van der Waals surface area contributed by atoms with Crippen LogP contribution in [-0.4, -0.2) is 37.6 Å². The van der Waals surface area contributed by atoms with E-state index in [1.54, 1.807) is 0 Å². The van der Waals surface area contributed by atoms with Crippen LogP contribution in [0.5, 0.6) is 0 Å². The number of nitrogens with zero attached hydrogens (tertiary/aromatic N) is 3. The number of primary amides is 1.